The summed E-state index contributed by atoms with van der Waals surface area (Å²) < 4.78 is 37.3. The van der Waals surface area contributed by atoms with Crippen LogP contribution in [0.2, 0.25) is 5.02 Å². The number of anilines is 1. The van der Waals surface area contributed by atoms with E-state index in [4.69, 9.17) is 16.3 Å². The Hall–Kier alpha value is -2.25. The summed E-state index contributed by atoms with van der Waals surface area (Å²) in [4.78, 5) is 11.4. The number of rotatable bonds is 6. The Balaban J connectivity index is 2.31. The average molecular weight is 370 g/mol. The van der Waals surface area contributed by atoms with Crippen molar-refractivity contribution in [2.24, 2.45) is 0 Å². The van der Waals surface area contributed by atoms with E-state index in [1.165, 1.54) is 25.3 Å². The Morgan fingerprint density at radius 3 is 2.42 bits per heavy atom. The van der Waals surface area contributed by atoms with Gasteiger partial charge in [0.05, 0.1) is 24.3 Å². The number of sulfonamides is 1. The van der Waals surface area contributed by atoms with Gasteiger partial charge < -0.3 is 9.47 Å². The fourth-order valence-electron chi connectivity index (χ4n) is 1.95. The molecule has 0 heterocycles. The highest BCUT2D eigenvalue weighted by atomic mass is 35.5. The second-order valence-electron chi connectivity index (χ2n) is 4.70. The highest BCUT2D eigenvalue weighted by molar-refractivity contribution is 7.92. The molecule has 2 aromatic rings. The van der Waals surface area contributed by atoms with Gasteiger partial charge in [-0.15, -0.1) is 0 Å². The first kappa shape index (κ1) is 18.1. The first-order valence-electron chi connectivity index (χ1n) is 7.01. The molecular weight excluding hydrogens is 354 g/mol. The molecule has 0 aliphatic rings. The molecule has 0 saturated heterocycles. The molecule has 0 unspecified atom stereocenters. The lowest BCUT2D eigenvalue weighted by atomic mass is 10.2. The predicted octanol–water partition coefficient (Wildman–Crippen LogP) is 3.33. The molecule has 0 fully saturated rings. The monoisotopic (exact) mass is 369 g/mol. The van der Waals surface area contributed by atoms with E-state index in [0.717, 1.165) is 0 Å². The van der Waals surface area contributed by atoms with Gasteiger partial charge >= 0.3 is 5.97 Å². The lowest BCUT2D eigenvalue weighted by Crippen LogP contribution is -2.14. The number of halogens is 1. The van der Waals surface area contributed by atoms with Crippen LogP contribution in [0, 0.1) is 0 Å². The number of hydrogen-bond acceptors (Lipinski definition) is 5. The normalized spacial score (nSPS) is 11.0. The van der Waals surface area contributed by atoms with E-state index in [-0.39, 0.29) is 15.5 Å². The molecular formula is C16H16ClNO5S. The zero-order valence-electron chi connectivity index (χ0n) is 13.1. The smallest absolute Gasteiger partial charge is 0.337 e. The van der Waals surface area contributed by atoms with Crippen LogP contribution in [0.4, 0.5) is 5.69 Å². The lowest BCUT2D eigenvalue weighted by molar-refractivity contribution is 0.0600. The third-order valence-corrected chi connectivity index (χ3v) is 4.92. The molecule has 2 rings (SSSR count). The van der Waals surface area contributed by atoms with E-state index in [2.05, 4.69) is 9.46 Å². The van der Waals surface area contributed by atoms with Gasteiger partial charge in [0.2, 0.25) is 0 Å². The third-order valence-electron chi connectivity index (χ3n) is 3.06. The third kappa shape index (κ3) is 4.18. The lowest BCUT2D eigenvalue weighted by Gasteiger charge is -2.11. The molecule has 0 spiro atoms. The van der Waals surface area contributed by atoms with Crippen molar-refractivity contribution in [3.8, 4) is 5.75 Å². The summed E-state index contributed by atoms with van der Waals surface area (Å²) in [7, 11) is -2.75. The predicted molar refractivity (Wildman–Crippen MR) is 91.2 cm³/mol. The maximum Gasteiger partial charge on any atom is 0.337 e. The van der Waals surface area contributed by atoms with Gasteiger partial charge in [0, 0.05) is 5.69 Å². The van der Waals surface area contributed by atoms with E-state index in [1.54, 1.807) is 24.3 Å². The summed E-state index contributed by atoms with van der Waals surface area (Å²) in [6.07, 6.45) is 0. The second kappa shape index (κ2) is 7.55. The minimum absolute atomic E-state index is 0.00101. The van der Waals surface area contributed by atoms with Crippen LogP contribution in [-0.4, -0.2) is 28.1 Å². The number of ether oxygens (including phenoxy) is 2. The van der Waals surface area contributed by atoms with Crippen LogP contribution in [0.25, 0.3) is 0 Å². The maximum absolute atomic E-state index is 12.5. The van der Waals surface area contributed by atoms with Crippen molar-refractivity contribution in [3.05, 3.63) is 53.1 Å². The van der Waals surface area contributed by atoms with Gasteiger partial charge in [-0.1, -0.05) is 11.6 Å². The van der Waals surface area contributed by atoms with Crippen molar-refractivity contribution >= 4 is 33.3 Å². The van der Waals surface area contributed by atoms with E-state index in [1.807, 2.05) is 6.92 Å². The molecule has 0 amide bonds. The van der Waals surface area contributed by atoms with Gasteiger partial charge in [-0.25, -0.2) is 13.2 Å². The summed E-state index contributed by atoms with van der Waals surface area (Å²) in [6.45, 7) is 2.37. The van der Waals surface area contributed by atoms with E-state index in [0.29, 0.717) is 18.0 Å². The van der Waals surface area contributed by atoms with Crippen LogP contribution >= 0.6 is 11.6 Å². The minimum atomic E-state index is -3.96. The van der Waals surface area contributed by atoms with Crippen molar-refractivity contribution in [1.82, 2.24) is 0 Å². The van der Waals surface area contributed by atoms with Crippen LogP contribution < -0.4 is 9.46 Å². The molecule has 128 valence electrons. The number of carbonyl (C=O) groups is 1. The number of carbonyl (C=O) groups excluding carboxylic acids is 1. The van der Waals surface area contributed by atoms with E-state index in [9.17, 15) is 13.2 Å². The van der Waals surface area contributed by atoms with Gasteiger partial charge in [-0.05, 0) is 49.4 Å². The zero-order chi connectivity index (χ0) is 17.7. The Morgan fingerprint density at radius 1 is 1.17 bits per heavy atom. The van der Waals surface area contributed by atoms with Crippen LogP contribution in [0.5, 0.6) is 5.75 Å². The molecule has 0 bridgehead atoms. The van der Waals surface area contributed by atoms with Crippen molar-refractivity contribution in [2.75, 3.05) is 18.4 Å². The fourth-order valence-corrected chi connectivity index (χ4v) is 3.54. The SMILES string of the molecule is CCOc1ccc(NS(=O)(=O)c2cc(C(=O)OC)ccc2Cl)cc1. The fraction of sp³-hybridized carbons (Fsp3) is 0.188. The molecule has 6 nitrogen and oxygen atoms in total. The molecule has 0 aliphatic carbocycles. The summed E-state index contributed by atoms with van der Waals surface area (Å²) in [5.74, 6) is -0.0182. The Morgan fingerprint density at radius 2 is 1.83 bits per heavy atom. The van der Waals surface area contributed by atoms with Gasteiger partial charge in [0.25, 0.3) is 10.0 Å². The van der Waals surface area contributed by atoms with E-state index >= 15 is 0 Å². The molecule has 24 heavy (non-hydrogen) atoms. The van der Waals surface area contributed by atoms with Gasteiger partial charge in [-0.2, -0.15) is 0 Å². The highest BCUT2D eigenvalue weighted by Gasteiger charge is 2.20. The number of esters is 1. The largest absolute Gasteiger partial charge is 0.494 e. The molecule has 0 aliphatic heterocycles. The maximum atomic E-state index is 12.5. The van der Waals surface area contributed by atoms with E-state index < -0.39 is 16.0 Å². The van der Waals surface area contributed by atoms with Crippen LogP contribution in [0.1, 0.15) is 17.3 Å². The standard InChI is InChI=1S/C16H16ClNO5S/c1-3-23-13-7-5-12(6-8-13)18-24(20,21)15-10-11(16(19)22-2)4-9-14(15)17/h4-10,18H,3H2,1-2H3. The number of hydrogen-bond donors (Lipinski definition) is 1. The molecule has 0 saturated carbocycles. The molecule has 2 aromatic carbocycles. The van der Waals surface area contributed by atoms with Crippen molar-refractivity contribution in [1.29, 1.82) is 0 Å². The first-order chi connectivity index (χ1) is 11.4. The van der Waals surface area contributed by atoms with Crippen molar-refractivity contribution in [3.63, 3.8) is 0 Å². The summed E-state index contributed by atoms with van der Waals surface area (Å²) in [5.41, 5.74) is 0.437. The van der Waals surface area contributed by atoms with Crippen molar-refractivity contribution in [2.45, 2.75) is 11.8 Å². The Bertz CT molecular complexity index is 834. The zero-order valence-corrected chi connectivity index (χ0v) is 14.6. The molecule has 1 N–H and O–H groups in total. The van der Waals surface area contributed by atoms with Gasteiger partial charge in [-0.3, -0.25) is 4.72 Å². The number of nitrogens with one attached hydrogen (secondary N) is 1. The second-order valence-corrected chi connectivity index (χ2v) is 6.76. The van der Waals surface area contributed by atoms with Crippen LogP contribution in [0.3, 0.4) is 0 Å². The summed E-state index contributed by atoms with van der Waals surface area (Å²) in [6, 6.07) is 10.3. The molecule has 0 atom stereocenters. The summed E-state index contributed by atoms with van der Waals surface area (Å²) >= 11 is 5.97. The topological polar surface area (TPSA) is 81.7 Å². The molecule has 8 heteroatoms. The quantitative estimate of drug-likeness (QED) is 0.790. The van der Waals surface area contributed by atoms with Crippen LogP contribution in [0.15, 0.2) is 47.4 Å². The minimum Gasteiger partial charge on any atom is -0.494 e. The molecule has 0 radical (unpaired) electrons. The number of benzene rings is 2. The van der Waals surface area contributed by atoms with Crippen molar-refractivity contribution < 1.29 is 22.7 Å². The van der Waals surface area contributed by atoms with Crippen LogP contribution in [-0.2, 0) is 14.8 Å². The first-order valence-corrected chi connectivity index (χ1v) is 8.87. The number of methoxy groups -OCH3 is 1. The highest BCUT2D eigenvalue weighted by Crippen LogP contribution is 2.26. The summed E-state index contributed by atoms with van der Waals surface area (Å²) in [5, 5.41) is 0.00101. The molecule has 0 aromatic heterocycles. The Labute approximate surface area is 145 Å². The Kier molecular flexibility index (Phi) is 5.69. The van der Waals surface area contributed by atoms with Gasteiger partial charge in [0.1, 0.15) is 10.6 Å². The van der Waals surface area contributed by atoms with Gasteiger partial charge in [0.15, 0.2) is 0 Å². The average Bonchev–Trinajstić information content (AvgIpc) is 2.56.